The minimum Gasteiger partial charge on any atom is -0.484 e. The Bertz CT molecular complexity index is 433. The number of aliphatic hydroxyl groups excluding tert-OH is 1. The van der Waals surface area contributed by atoms with Gasteiger partial charge < -0.3 is 14.6 Å². The topological polar surface area (TPSA) is 81.8 Å². The van der Waals surface area contributed by atoms with Crippen molar-refractivity contribution in [2.45, 2.75) is 33.0 Å². The van der Waals surface area contributed by atoms with Gasteiger partial charge in [-0.25, -0.2) is 0 Å². The number of nitro benzene ring substituents is 1. The first-order valence-electron chi connectivity index (χ1n) is 6.07. The van der Waals surface area contributed by atoms with Crippen LogP contribution >= 0.6 is 0 Å². The fourth-order valence-electron chi connectivity index (χ4n) is 1.43. The Morgan fingerprint density at radius 3 is 2.63 bits per heavy atom. The van der Waals surface area contributed by atoms with Crippen LogP contribution in [-0.2, 0) is 4.74 Å². The van der Waals surface area contributed by atoms with Gasteiger partial charge in [-0.15, -0.1) is 0 Å². The Kier molecular flexibility index (Phi) is 5.72. The van der Waals surface area contributed by atoms with Crippen molar-refractivity contribution >= 4 is 5.69 Å². The standard InChI is InChI=1S/C13H19NO5/c1-9(2)18-7-11(15)8-19-13-6-10(3)4-5-12(13)14(16)17/h4-6,9,11,15H,7-8H2,1-3H3. The van der Waals surface area contributed by atoms with E-state index in [1.807, 2.05) is 20.8 Å². The average molecular weight is 269 g/mol. The summed E-state index contributed by atoms with van der Waals surface area (Å²) in [7, 11) is 0. The van der Waals surface area contributed by atoms with E-state index < -0.39 is 11.0 Å². The van der Waals surface area contributed by atoms with Crippen LogP contribution in [0.3, 0.4) is 0 Å². The molecule has 0 amide bonds. The lowest BCUT2D eigenvalue weighted by atomic mass is 10.2. The zero-order valence-corrected chi connectivity index (χ0v) is 11.3. The molecule has 0 aromatic heterocycles. The maximum Gasteiger partial charge on any atom is 0.310 e. The smallest absolute Gasteiger partial charge is 0.310 e. The number of aliphatic hydroxyl groups is 1. The van der Waals surface area contributed by atoms with E-state index in [1.54, 1.807) is 12.1 Å². The number of rotatable bonds is 7. The number of benzene rings is 1. The number of nitro groups is 1. The largest absolute Gasteiger partial charge is 0.484 e. The van der Waals surface area contributed by atoms with E-state index in [2.05, 4.69) is 0 Å². The molecule has 0 saturated heterocycles. The van der Waals surface area contributed by atoms with Gasteiger partial charge in [0.15, 0.2) is 5.75 Å². The molecule has 0 aliphatic carbocycles. The molecule has 19 heavy (non-hydrogen) atoms. The summed E-state index contributed by atoms with van der Waals surface area (Å²) in [5.41, 5.74) is 0.746. The first kappa shape index (κ1) is 15.4. The molecular weight excluding hydrogens is 250 g/mol. The Hall–Kier alpha value is -1.66. The summed E-state index contributed by atoms with van der Waals surface area (Å²) in [4.78, 5) is 10.3. The van der Waals surface area contributed by atoms with Crippen LogP contribution in [0.15, 0.2) is 18.2 Å². The van der Waals surface area contributed by atoms with Crippen LogP contribution in [0.1, 0.15) is 19.4 Å². The maximum absolute atomic E-state index is 10.8. The van der Waals surface area contributed by atoms with E-state index in [0.717, 1.165) is 5.56 Å². The van der Waals surface area contributed by atoms with Crippen molar-refractivity contribution in [2.24, 2.45) is 0 Å². The second-order valence-electron chi connectivity index (χ2n) is 4.58. The summed E-state index contributed by atoms with van der Waals surface area (Å²) in [6.45, 7) is 5.63. The number of hydrogen-bond donors (Lipinski definition) is 1. The highest BCUT2D eigenvalue weighted by molar-refractivity contribution is 5.48. The van der Waals surface area contributed by atoms with Crippen molar-refractivity contribution in [3.8, 4) is 5.75 Å². The lowest BCUT2D eigenvalue weighted by molar-refractivity contribution is -0.385. The van der Waals surface area contributed by atoms with Gasteiger partial charge in [-0.2, -0.15) is 0 Å². The van der Waals surface area contributed by atoms with Crippen molar-refractivity contribution in [1.29, 1.82) is 0 Å². The SMILES string of the molecule is Cc1ccc([N+](=O)[O-])c(OCC(O)COC(C)C)c1. The van der Waals surface area contributed by atoms with Gasteiger partial charge in [0.1, 0.15) is 12.7 Å². The molecule has 1 aromatic carbocycles. The molecule has 6 nitrogen and oxygen atoms in total. The third-order valence-electron chi connectivity index (χ3n) is 2.37. The fourth-order valence-corrected chi connectivity index (χ4v) is 1.43. The summed E-state index contributed by atoms with van der Waals surface area (Å²) in [6.07, 6.45) is -0.800. The number of aryl methyl sites for hydroxylation is 1. The van der Waals surface area contributed by atoms with Gasteiger partial charge in [0.05, 0.1) is 17.6 Å². The molecule has 0 bridgehead atoms. The zero-order valence-electron chi connectivity index (χ0n) is 11.3. The summed E-state index contributed by atoms with van der Waals surface area (Å²) in [6, 6.07) is 4.61. The van der Waals surface area contributed by atoms with Gasteiger partial charge in [0, 0.05) is 6.07 Å². The van der Waals surface area contributed by atoms with Crippen LogP contribution in [0.4, 0.5) is 5.69 Å². The van der Waals surface area contributed by atoms with Crippen molar-refractivity contribution in [3.05, 3.63) is 33.9 Å². The molecule has 0 saturated carbocycles. The monoisotopic (exact) mass is 269 g/mol. The van der Waals surface area contributed by atoms with E-state index >= 15 is 0 Å². The molecule has 1 unspecified atom stereocenters. The van der Waals surface area contributed by atoms with Gasteiger partial charge in [-0.05, 0) is 32.4 Å². The van der Waals surface area contributed by atoms with Gasteiger partial charge in [0.2, 0.25) is 0 Å². The van der Waals surface area contributed by atoms with Crippen LogP contribution in [0.5, 0.6) is 5.75 Å². The first-order chi connectivity index (χ1) is 8.90. The quantitative estimate of drug-likeness (QED) is 0.605. The van der Waals surface area contributed by atoms with Gasteiger partial charge in [-0.3, -0.25) is 10.1 Å². The molecule has 0 aliphatic heterocycles. The van der Waals surface area contributed by atoms with Crippen molar-refractivity contribution < 1.29 is 19.5 Å². The highest BCUT2D eigenvalue weighted by Gasteiger charge is 2.16. The molecule has 0 aliphatic rings. The number of nitrogens with zero attached hydrogens (tertiary/aromatic N) is 1. The molecular formula is C13H19NO5. The molecule has 1 N–H and O–H groups in total. The van der Waals surface area contributed by atoms with Crippen molar-refractivity contribution in [2.75, 3.05) is 13.2 Å². The number of ether oxygens (including phenoxy) is 2. The summed E-state index contributed by atoms with van der Waals surface area (Å²) in [5.74, 6) is 0.161. The highest BCUT2D eigenvalue weighted by atomic mass is 16.6. The van der Waals surface area contributed by atoms with Crippen LogP contribution in [0.25, 0.3) is 0 Å². The van der Waals surface area contributed by atoms with Gasteiger partial charge in [0.25, 0.3) is 0 Å². The van der Waals surface area contributed by atoms with Crippen LogP contribution < -0.4 is 4.74 Å². The van der Waals surface area contributed by atoms with E-state index in [9.17, 15) is 15.2 Å². The summed E-state index contributed by atoms with van der Waals surface area (Å²) in [5, 5.41) is 20.5. The lowest BCUT2D eigenvalue weighted by Crippen LogP contribution is -2.25. The Morgan fingerprint density at radius 1 is 1.37 bits per heavy atom. The van der Waals surface area contributed by atoms with E-state index in [4.69, 9.17) is 9.47 Å². The van der Waals surface area contributed by atoms with Crippen LogP contribution in [0.2, 0.25) is 0 Å². The predicted molar refractivity (Wildman–Crippen MR) is 70.4 cm³/mol. The molecule has 0 radical (unpaired) electrons. The predicted octanol–water partition coefficient (Wildman–Crippen LogP) is 2.07. The van der Waals surface area contributed by atoms with Crippen molar-refractivity contribution in [1.82, 2.24) is 0 Å². The van der Waals surface area contributed by atoms with E-state index in [1.165, 1.54) is 6.07 Å². The van der Waals surface area contributed by atoms with Crippen LogP contribution in [-0.4, -0.2) is 35.5 Å². The minimum atomic E-state index is -0.817. The third kappa shape index (κ3) is 5.23. The van der Waals surface area contributed by atoms with Gasteiger partial charge >= 0.3 is 5.69 Å². The lowest BCUT2D eigenvalue weighted by Gasteiger charge is -2.14. The Morgan fingerprint density at radius 2 is 2.05 bits per heavy atom. The van der Waals surface area contributed by atoms with Crippen LogP contribution in [0, 0.1) is 17.0 Å². The zero-order chi connectivity index (χ0) is 14.4. The summed E-state index contributed by atoms with van der Waals surface area (Å²) >= 11 is 0. The number of hydrogen-bond acceptors (Lipinski definition) is 5. The Labute approximate surface area is 112 Å². The first-order valence-corrected chi connectivity index (χ1v) is 6.07. The van der Waals surface area contributed by atoms with E-state index in [0.29, 0.717) is 0 Å². The maximum atomic E-state index is 10.8. The van der Waals surface area contributed by atoms with Gasteiger partial charge in [-0.1, -0.05) is 6.07 Å². The molecule has 1 atom stereocenters. The second-order valence-corrected chi connectivity index (χ2v) is 4.58. The Balaban J connectivity index is 2.61. The molecule has 0 heterocycles. The minimum absolute atomic E-state index is 0.0166. The molecule has 0 spiro atoms. The molecule has 106 valence electrons. The molecule has 0 fully saturated rings. The normalized spacial score (nSPS) is 12.5. The fraction of sp³-hybridized carbons (Fsp3) is 0.538. The average Bonchev–Trinajstić information content (AvgIpc) is 2.33. The second kappa shape index (κ2) is 7.06. The summed E-state index contributed by atoms with van der Waals surface area (Å²) < 4.78 is 10.5. The van der Waals surface area contributed by atoms with Crippen molar-refractivity contribution in [3.63, 3.8) is 0 Å². The molecule has 1 rings (SSSR count). The molecule has 6 heteroatoms. The third-order valence-corrected chi connectivity index (χ3v) is 2.37. The highest BCUT2D eigenvalue weighted by Crippen LogP contribution is 2.27. The molecule has 1 aromatic rings. The van der Waals surface area contributed by atoms with E-state index in [-0.39, 0.29) is 30.8 Å².